The van der Waals surface area contributed by atoms with E-state index in [1.165, 1.54) is 4.90 Å². The summed E-state index contributed by atoms with van der Waals surface area (Å²) >= 11 is 0. The summed E-state index contributed by atoms with van der Waals surface area (Å²) in [6.07, 6.45) is 1.40. The van der Waals surface area contributed by atoms with Crippen molar-refractivity contribution < 1.29 is 24.2 Å². The van der Waals surface area contributed by atoms with Crippen LogP contribution in [-0.2, 0) is 14.3 Å². The fraction of sp³-hybridized carbons (Fsp3) is 0.769. The molecule has 0 aliphatic carbocycles. The van der Waals surface area contributed by atoms with Crippen molar-refractivity contribution in [2.24, 2.45) is 0 Å². The molecule has 0 radical (unpaired) electrons. The smallest absolute Gasteiger partial charge is 0.317 e. The van der Waals surface area contributed by atoms with E-state index in [-0.39, 0.29) is 31.4 Å². The minimum absolute atomic E-state index is 0.106. The fourth-order valence-corrected chi connectivity index (χ4v) is 1.66. The molecule has 0 aromatic carbocycles. The van der Waals surface area contributed by atoms with Crippen LogP contribution in [0, 0.1) is 0 Å². The number of rotatable bonds is 9. The molecular formula is C13H24N2O5. The number of nitrogens with one attached hydrogen (secondary N) is 1. The van der Waals surface area contributed by atoms with Gasteiger partial charge in [0.05, 0.1) is 19.4 Å². The number of carboxylic acid groups (broad SMARTS) is 1. The Bertz CT molecular complexity index is 333. The fourth-order valence-electron chi connectivity index (χ4n) is 1.66. The first-order chi connectivity index (χ1) is 9.40. The second-order valence-corrected chi connectivity index (χ2v) is 4.51. The van der Waals surface area contributed by atoms with Gasteiger partial charge in [-0.25, -0.2) is 4.79 Å². The topological polar surface area (TPSA) is 95.9 Å². The lowest BCUT2D eigenvalue weighted by molar-refractivity contribution is -0.143. The molecule has 1 atom stereocenters. The molecule has 2 N–H and O–H groups in total. The second-order valence-electron chi connectivity index (χ2n) is 4.51. The van der Waals surface area contributed by atoms with Gasteiger partial charge >= 0.3 is 18.0 Å². The predicted molar refractivity (Wildman–Crippen MR) is 73.4 cm³/mol. The first kappa shape index (κ1) is 18.2. The van der Waals surface area contributed by atoms with Gasteiger partial charge in [-0.05, 0) is 13.3 Å². The summed E-state index contributed by atoms with van der Waals surface area (Å²) in [5.74, 6) is -1.30. The highest BCUT2D eigenvalue weighted by molar-refractivity contribution is 5.76. The molecule has 0 spiro atoms. The number of amides is 2. The summed E-state index contributed by atoms with van der Waals surface area (Å²) in [5, 5.41) is 11.4. The van der Waals surface area contributed by atoms with Crippen LogP contribution in [0.3, 0.4) is 0 Å². The summed E-state index contributed by atoms with van der Waals surface area (Å²) in [4.78, 5) is 35.1. The van der Waals surface area contributed by atoms with Gasteiger partial charge in [0.15, 0.2) is 0 Å². The maximum atomic E-state index is 11.8. The molecule has 1 unspecified atom stereocenters. The molecule has 0 saturated heterocycles. The summed E-state index contributed by atoms with van der Waals surface area (Å²) in [7, 11) is 1.55. The normalized spacial score (nSPS) is 11.6. The lowest BCUT2D eigenvalue weighted by atomic mass is 10.1. The Labute approximate surface area is 119 Å². The summed E-state index contributed by atoms with van der Waals surface area (Å²) in [6, 6.07) is -0.774. The Morgan fingerprint density at radius 2 is 1.95 bits per heavy atom. The third-order valence-corrected chi connectivity index (χ3v) is 2.69. The van der Waals surface area contributed by atoms with Crippen molar-refractivity contribution in [2.75, 3.05) is 20.2 Å². The number of carbonyl (C=O) groups excluding carboxylic acids is 2. The molecule has 0 aliphatic rings. The highest BCUT2D eigenvalue weighted by Crippen LogP contribution is 2.03. The zero-order valence-corrected chi connectivity index (χ0v) is 12.3. The van der Waals surface area contributed by atoms with Crippen molar-refractivity contribution in [2.45, 2.75) is 45.6 Å². The van der Waals surface area contributed by atoms with E-state index in [1.807, 2.05) is 6.92 Å². The lowest BCUT2D eigenvalue weighted by Gasteiger charge is -2.22. The second kappa shape index (κ2) is 10.1. The van der Waals surface area contributed by atoms with Gasteiger partial charge in [0.2, 0.25) is 0 Å². The first-order valence-corrected chi connectivity index (χ1v) is 6.79. The molecule has 7 nitrogen and oxygen atoms in total. The van der Waals surface area contributed by atoms with Crippen molar-refractivity contribution in [1.29, 1.82) is 0 Å². The molecule has 0 bridgehead atoms. The highest BCUT2D eigenvalue weighted by Gasteiger charge is 2.18. The average Bonchev–Trinajstić information content (AvgIpc) is 2.35. The van der Waals surface area contributed by atoms with Crippen LogP contribution in [0.15, 0.2) is 0 Å². The molecule has 0 saturated carbocycles. The van der Waals surface area contributed by atoms with Gasteiger partial charge in [0.1, 0.15) is 0 Å². The van der Waals surface area contributed by atoms with Gasteiger partial charge in [-0.1, -0.05) is 13.3 Å². The van der Waals surface area contributed by atoms with E-state index < -0.39 is 12.0 Å². The number of ether oxygens (including phenoxy) is 1. The standard InChI is InChI=1S/C13H24N2O5/c1-4-6-10(9-11(16)17)14-13(19)15(3)8-7-12(18)20-5-2/h10H,4-9H2,1-3H3,(H,14,19)(H,16,17). The van der Waals surface area contributed by atoms with E-state index in [0.29, 0.717) is 13.0 Å². The van der Waals surface area contributed by atoms with Crippen molar-refractivity contribution in [1.82, 2.24) is 10.2 Å². The zero-order chi connectivity index (χ0) is 15.5. The van der Waals surface area contributed by atoms with Crippen molar-refractivity contribution in [3.05, 3.63) is 0 Å². The van der Waals surface area contributed by atoms with Crippen LogP contribution in [-0.4, -0.2) is 54.2 Å². The van der Waals surface area contributed by atoms with Crippen LogP contribution in [0.4, 0.5) is 4.79 Å². The number of aliphatic carboxylic acids is 1. The van der Waals surface area contributed by atoms with E-state index in [1.54, 1.807) is 14.0 Å². The summed E-state index contributed by atoms with van der Waals surface area (Å²) in [5.41, 5.74) is 0. The predicted octanol–water partition coefficient (Wildman–Crippen LogP) is 1.22. The third-order valence-electron chi connectivity index (χ3n) is 2.69. The molecule has 7 heteroatoms. The minimum Gasteiger partial charge on any atom is -0.481 e. The number of carboxylic acids is 1. The van der Waals surface area contributed by atoms with Gasteiger partial charge in [-0.3, -0.25) is 9.59 Å². The molecule has 0 rings (SSSR count). The first-order valence-electron chi connectivity index (χ1n) is 6.79. The number of esters is 1. The van der Waals surface area contributed by atoms with Crippen molar-refractivity contribution >= 4 is 18.0 Å². The molecule has 20 heavy (non-hydrogen) atoms. The Hall–Kier alpha value is -1.79. The monoisotopic (exact) mass is 288 g/mol. The zero-order valence-electron chi connectivity index (χ0n) is 12.3. The lowest BCUT2D eigenvalue weighted by Crippen LogP contribution is -2.44. The molecule has 116 valence electrons. The van der Waals surface area contributed by atoms with E-state index in [0.717, 1.165) is 6.42 Å². The largest absolute Gasteiger partial charge is 0.481 e. The Balaban J connectivity index is 4.20. The molecule has 0 aromatic heterocycles. The van der Waals surface area contributed by atoms with Crippen LogP contribution in [0.1, 0.15) is 39.5 Å². The average molecular weight is 288 g/mol. The Kier molecular flexibility index (Phi) is 9.15. The van der Waals surface area contributed by atoms with Crippen molar-refractivity contribution in [3.8, 4) is 0 Å². The maximum absolute atomic E-state index is 11.8. The number of carbonyl (C=O) groups is 3. The Morgan fingerprint density at radius 1 is 1.30 bits per heavy atom. The summed E-state index contributed by atoms with van der Waals surface area (Å²) < 4.78 is 4.77. The molecular weight excluding hydrogens is 264 g/mol. The SMILES string of the molecule is CCCC(CC(=O)O)NC(=O)N(C)CCC(=O)OCC. The van der Waals surface area contributed by atoms with E-state index >= 15 is 0 Å². The van der Waals surface area contributed by atoms with Gasteiger partial charge < -0.3 is 20.1 Å². The Morgan fingerprint density at radius 3 is 2.45 bits per heavy atom. The number of urea groups is 1. The number of hydrogen-bond acceptors (Lipinski definition) is 4. The quantitative estimate of drug-likeness (QED) is 0.622. The molecule has 0 aromatic rings. The van der Waals surface area contributed by atoms with Gasteiger partial charge in [0.25, 0.3) is 0 Å². The molecule has 0 aliphatic heterocycles. The summed E-state index contributed by atoms with van der Waals surface area (Å²) in [6.45, 7) is 4.18. The highest BCUT2D eigenvalue weighted by atomic mass is 16.5. The number of hydrogen-bond donors (Lipinski definition) is 2. The van der Waals surface area contributed by atoms with Crippen molar-refractivity contribution in [3.63, 3.8) is 0 Å². The van der Waals surface area contributed by atoms with Crippen LogP contribution in [0.2, 0.25) is 0 Å². The minimum atomic E-state index is -0.946. The molecule has 2 amide bonds. The maximum Gasteiger partial charge on any atom is 0.317 e. The van der Waals surface area contributed by atoms with Crippen LogP contribution < -0.4 is 5.32 Å². The van der Waals surface area contributed by atoms with E-state index in [4.69, 9.17) is 9.84 Å². The van der Waals surface area contributed by atoms with Gasteiger partial charge in [0, 0.05) is 19.6 Å². The molecule has 0 fully saturated rings. The van der Waals surface area contributed by atoms with Gasteiger partial charge in [-0.15, -0.1) is 0 Å². The third kappa shape index (κ3) is 8.34. The molecule has 0 heterocycles. The van der Waals surface area contributed by atoms with E-state index in [9.17, 15) is 14.4 Å². The van der Waals surface area contributed by atoms with Gasteiger partial charge in [-0.2, -0.15) is 0 Å². The van der Waals surface area contributed by atoms with Crippen LogP contribution >= 0.6 is 0 Å². The van der Waals surface area contributed by atoms with E-state index in [2.05, 4.69) is 5.32 Å². The number of nitrogens with zero attached hydrogens (tertiary/aromatic N) is 1. The van der Waals surface area contributed by atoms with Crippen LogP contribution in [0.25, 0.3) is 0 Å². The van der Waals surface area contributed by atoms with Crippen LogP contribution in [0.5, 0.6) is 0 Å².